The Balaban J connectivity index is 1.67. The average molecular weight is 359 g/mol. The second-order valence-electron chi connectivity index (χ2n) is 5.95. The molecule has 0 spiro atoms. The van der Waals surface area contributed by atoms with Crippen molar-refractivity contribution in [1.29, 1.82) is 0 Å². The number of aromatic nitrogens is 1. The van der Waals surface area contributed by atoms with Gasteiger partial charge in [-0.2, -0.15) is 0 Å². The molecule has 2 heterocycles. The van der Waals surface area contributed by atoms with Crippen LogP contribution in [-0.4, -0.2) is 55.1 Å². The normalized spacial score (nSPS) is 18.0. The Labute approximate surface area is 151 Å². The summed E-state index contributed by atoms with van der Waals surface area (Å²) in [6.45, 7) is 3.41. The largest absolute Gasteiger partial charge is 0.497 e. The summed E-state index contributed by atoms with van der Waals surface area (Å²) in [7, 11) is 2.89. The standard InChI is InChI=1S/C18H21N3O5/c1-12-17(22)21(13-4-6-14(24-2)7-5-13)9-8-20(12)10-16-19-15(11-26-16)18(23)25-3/h4-7,11-12H,8-10H2,1-3H3. The summed E-state index contributed by atoms with van der Waals surface area (Å²) in [4.78, 5) is 32.1. The number of methoxy groups -OCH3 is 2. The highest BCUT2D eigenvalue weighted by molar-refractivity contribution is 5.97. The minimum absolute atomic E-state index is 0.00108. The first kappa shape index (κ1) is 17.9. The zero-order valence-electron chi connectivity index (χ0n) is 15.0. The third-order valence-electron chi connectivity index (χ3n) is 4.45. The van der Waals surface area contributed by atoms with Crippen LogP contribution in [0.1, 0.15) is 23.3 Å². The second kappa shape index (κ2) is 7.57. The maximum Gasteiger partial charge on any atom is 0.360 e. The van der Waals surface area contributed by atoms with Crippen LogP contribution in [0, 0.1) is 0 Å². The van der Waals surface area contributed by atoms with Gasteiger partial charge < -0.3 is 18.8 Å². The van der Waals surface area contributed by atoms with Crippen molar-refractivity contribution in [2.45, 2.75) is 19.5 Å². The highest BCUT2D eigenvalue weighted by Crippen LogP contribution is 2.24. The van der Waals surface area contributed by atoms with Crippen LogP contribution in [0.25, 0.3) is 0 Å². The van der Waals surface area contributed by atoms with Crippen LogP contribution in [0.2, 0.25) is 0 Å². The van der Waals surface area contributed by atoms with E-state index >= 15 is 0 Å². The summed E-state index contributed by atoms with van der Waals surface area (Å²) in [5.74, 6) is 0.579. The molecule has 1 unspecified atom stereocenters. The quantitative estimate of drug-likeness (QED) is 0.751. The monoisotopic (exact) mass is 359 g/mol. The lowest BCUT2D eigenvalue weighted by molar-refractivity contribution is -0.125. The molecule has 0 N–H and O–H groups in total. The molecule has 26 heavy (non-hydrogen) atoms. The molecule has 1 amide bonds. The third-order valence-corrected chi connectivity index (χ3v) is 4.45. The number of nitrogens with zero attached hydrogens (tertiary/aromatic N) is 3. The highest BCUT2D eigenvalue weighted by Gasteiger charge is 2.33. The number of ether oxygens (including phenoxy) is 2. The summed E-state index contributed by atoms with van der Waals surface area (Å²) in [6.07, 6.45) is 1.27. The van der Waals surface area contributed by atoms with Crippen LogP contribution in [0.4, 0.5) is 5.69 Å². The molecule has 1 atom stereocenters. The van der Waals surface area contributed by atoms with Gasteiger partial charge in [-0.05, 0) is 31.2 Å². The molecule has 0 bridgehead atoms. The van der Waals surface area contributed by atoms with E-state index in [2.05, 4.69) is 9.72 Å². The number of carbonyl (C=O) groups is 2. The molecule has 1 saturated heterocycles. The average Bonchev–Trinajstić information content (AvgIpc) is 3.14. The fourth-order valence-electron chi connectivity index (χ4n) is 2.90. The van der Waals surface area contributed by atoms with E-state index in [0.717, 1.165) is 11.4 Å². The Bertz CT molecular complexity index is 786. The Hall–Kier alpha value is -2.87. The van der Waals surface area contributed by atoms with Crippen LogP contribution in [0.5, 0.6) is 5.75 Å². The zero-order chi connectivity index (χ0) is 18.7. The predicted molar refractivity (Wildman–Crippen MR) is 93.1 cm³/mol. The van der Waals surface area contributed by atoms with Gasteiger partial charge in [0.15, 0.2) is 5.69 Å². The Morgan fingerprint density at radius 1 is 1.27 bits per heavy atom. The molecular weight excluding hydrogens is 338 g/mol. The number of piperazine rings is 1. The number of esters is 1. The summed E-state index contributed by atoms with van der Waals surface area (Å²) >= 11 is 0. The lowest BCUT2D eigenvalue weighted by Crippen LogP contribution is -2.55. The van der Waals surface area contributed by atoms with Gasteiger partial charge in [0, 0.05) is 18.8 Å². The van der Waals surface area contributed by atoms with Crippen molar-refractivity contribution < 1.29 is 23.5 Å². The second-order valence-corrected chi connectivity index (χ2v) is 5.95. The SMILES string of the molecule is COC(=O)c1coc(CN2CCN(c3ccc(OC)cc3)C(=O)C2C)n1. The number of hydrogen-bond donors (Lipinski definition) is 0. The zero-order valence-corrected chi connectivity index (χ0v) is 15.0. The van der Waals surface area contributed by atoms with E-state index in [9.17, 15) is 9.59 Å². The first-order chi connectivity index (χ1) is 12.5. The summed E-state index contributed by atoms with van der Waals surface area (Å²) < 4.78 is 15.1. The predicted octanol–water partition coefficient (Wildman–Crippen LogP) is 1.71. The van der Waals surface area contributed by atoms with Gasteiger partial charge in [-0.3, -0.25) is 9.69 Å². The number of anilines is 1. The third kappa shape index (κ3) is 3.55. The van der Waals surface area contributed by atoms with Gasteiger partial charge in [-0.25, -0.2) is 9.78 Å². The molecule has 0 saturated carbocycles. The first-order valence-electron chi connectivity index (χ1n) is 8.25. The molecule has 1 fully saturated rings. The van der Waals surface area contributed by atoms with Gasteiger partial charge in [0.25, 0.3) is 0 Å². The van der Waals surface area contributed by atoms with E-state index < -0.39 is 5.97 Å². The van der Waals surface area contributed by atoms with E-state index in [1.54, 1.807) is 12.0 Å². The van der Waals surface area contributed by atoms with Crippen molar-refractivity contribution >= 4 is 17.6 Å². The van der Waals surface area contributed by atoms with E-state index in [1.807, 2.05) is 36.1 Å². The Morgan fingerprint density at radius 3 is 2.65 bits per heavy atom. The van der Waals surface area contributed by atoms with Crippen LogP contribution in [0.15, 0.2) is 34.9 Å². The summed E-state index contributed by atoms with van der Waals surface area (Å²) in [5, 5.41) is 0. The number of hydrogen-bond acceptors (Lipinski definition) is 7. The molecule has 0 radical (unpaired) electrons. The fourth-order valence-corrected chi connectivity index (χ4v) is 2.90. The number of carbonyl (C=O) groups excluding carboxylic acids is 2. The van der Waals surface area contributed by atoms with Gasteiger partial charge in [0.2, 0.25) is 11.8 Å². The molecule has 1 aromatic heterocycles. The van der Waals surface area contributed by atoms with Crippen LogP contribution in [0.3, 0.4) is 0 Å². The Kier molecular flexibility index (Phi) is 5.22. The van der Waals surface area contributed by atoms with Crippen molar-refractivity contribution in [2.24, 2.45) is 0 Å². The molecule has 8 nitrogen and oxygen atoms in total. The van der Waals surface area contributed by atoms with Gasteiger partial charge in [-0.1, -0.05) is 0 Å². The van der Waals surface area contributed by atoms with Crippen LogP contribution >= 0.6 is 0 Å². The van der Waals surface area contributed by atoms with Crippen LogP contribution < -0.4 is 9.64 Å². The van der Waals surface area contributed by atoms with Gasteiger partial charge in [0.05, 0.1) is 26.8 Å². The Morgan fingerprint density at radius 2 is 2.00 bits per heavy atom. The van der Waals surface area contributed by atoms with Crippen molar-refractivity contribution in [3.8, 4) is 5.75 Å². The van der Waals surface area contributed by atoms with Crippen molar-refractivity contribution in [3.05, 3.63) is 42.1 Å². The van der Waals surface area contributed by atoms with Gasteiger partial charge in [0.1, 0.15) is 12.0 Å². The maximum atomic E-state index is 12.8. The first-order valence-corrected chi connectivity index (χ1v) is 8.25. The highest BCUT2D eigenvalue weighted by atomic mass is 16.5. The summed E-state index contributed by atoms with van der Waals surface area (Å²) in [5.41, 5.74) is 0.963. The molecule has 1 aliphatic heterocycles. The summed E-state index contributed by atoms with van der Waals surface area (Å²) in [6, 6.07) is 7.08. The number of rotatable bonds is 5. The van der Waals surface area contributed by atoms with E-state index in [4.69, 9.17) is 9.15 Å². The lowest BCUT2D eigenvalue weighted by Gasteiger charge is -2.38. The van der Waals surface area contributed by atoms with Gasteiger partial charge in [-0.15, -0.1) is 0 Å². The maximum absolute atomic E-state index is 12.8. The number of amides is 1. The molecule has 3 rings (SSSR count). The lowest BCUT2D eigenvalue weighted by atomic mass is 10.1. The molecular formula is C18H21N3O5. The van der Waals surface area contributed by atoms with Crippen molar-refractivity contribution in [1.82, 2.24) is 9.88 Å². The fraction of sp³-hybridized carbons (Fsp3) is 0.389. The topological polar surface area (TPSA) is 85.1 Å². The van der Waals surface area contributed by atoms with Gasteiger partial charge >= 0.3 is 5.97 Å². The molecule has 8 heteroatoms. The van der Waals surface area contributed by atoms with Crippen molar-refractivity contribution in [2.75, 3.05) is 32.2 Å². The molecule has 2 aromatic rings. The van der Waals surface area contributed by atoms with E-state index in [0.29, 0.717) is 25.5 Å². The number of benzene rings is 1. The smallest absolute Gasteiger partial charge is 0.360 e. The minimum Gasteiger partial charge on any atom is -0.497 e. The molecule has 138 valence electrons. The van der Waals surface area contributed by atoms with E-state index in [-0.39, 0.29) is 17.6 Å². The van der Waals surface area contributed by atoms with Crippen molar-refractivity contribution in [3.63, 3.8) is 0 Å². The van der Waals surface area contributed by atoms with Crippen LogP contribution in [-0.2, 0) is 16.1 Å². The minimum atomic E-state index is -0.548. The molecule has 0 aliphatic carbocycles. The molecule has 1 aromatic carbocycles. The number of oxazole rings is 1. The molecule has 1 aliphatic rings. The van der Waals surface area contributed by atoms with E-state index in [1.165, 1.54) is 13.4 Å².